The van der Waals surface area contributed by atoms with Gasteiger partial charge in [-0.2, -0.15) is 5.10 Å². The molecule has 7 heteroatoms. The molecule has 0 radical (unpaired) electrons. The molecule has 0 aliphatic rings. The van der Waals surface area contributed by atoms with Crippen LogP contribution in [0.15, 0.2) is 41.5 Å². The Morgan fingerprint density at radius 2 is 2.04 bits per heavy atom. The summed E-state index contributed by atoms with van der Waals surface area (Å²) in [6.45, 7) is 4.42. The van der Waals surface area contributed by atoms with Gasteiger partial charge in [0.25, 0.3) is 5.91 Å². The molecule has 2 rings (SSSR count). The first-order valence-electron chi connectivity index (χ1n) is 7.77. The van der Waals surface area contributed by atoms with Crippen LogP contribution in [-0.2, 0) is 4.79 Å². The van der Waals surface area contributed by atoms with Crippen molar-refractivity contribution in [2.24, 2.45) is 5.10 Å². The van der Waals surface area contributed by atoms with Crippen molar-refractivity contribution in [3.8, 4) is 11.5 Å². The maximum atomic E-state index is 11.8. The molecule has 2 aromatic carbocycles. The summed E-state index contributed by atoms with van der Waals surface area (Å²) in [5, 5.41) is 16.9. The number of nitrogens with one attached hydrogen (secondary N) is 2. The monoisotopic (exact) mass is 453 g/mol. The van der Waals surface area contributed by atoms with Crippen LogP contribution >= 0.6 is 22.6 Å². The topological polar surface area (TPSA) is 83.0 Å². The third-order valence-electron chi connectivity index (χ3n) is 3.26. The third-order valence-corrected chi connectivity index (χ3v) is 4.08. The van der Waals surface area contributed by atoms with E-state index < -0.39 is 0 Å². The summed E-state index contributed by atoms with van der Waals surface area (Å²) in [7, 11) is 0. The molecule has 0 fully saturated rings. The van der Waals surface area contributed by atoms with Crippen molar-refractivity contribution < 1.29 is 14.6 Å². The molecule has 0 aliphatic heterocycles. The van der Waals surface area contributed by atoms with E-state index in [-0.39, 0.29) is 18.2 Å². The van der Waals surface area contributed by atoms with E-state index in [0.717, 1.165) is 16.8 Å². The fraction of sp³-hybridized carbons (Fsp3) is 0.222. The number of nitrogens with zero attached hydrogens (tertiary/aromatic N) is 1. The molecule has 6 nitrogen and oxygen atoms in total. The zero-order valence-corrected chi connectivity index (χ0v) is 16.2. The number of hydrazone groups is 1. The average Bonchev–Trinajstić information content (AvgIpc) is 2.59. The highest BCUT2D eigenvalue weighted by molar-refractivity contribution is 14.1. The van der Waals surface area contributed by atoms with Crippen molar-refractivity contribution in [1.82, 2.24) is 5.43 Å². The second kappa shape index (κ2) is 9.26. The van der Waals surface area contributed by atoms with Crippen LogP contribution in [0.25, 0.3) is 0 Å². The number of anilines is 1. The minimum Gasteiger partial charge on any atom is -0.504 e. The Morgan fingerprint density at radius 1 is 1.32 bits per heavy atom. The van der Waals surface area contributed by atoms with Gasteiger partial charge in [0.1, 0.15) is 0 Å². The first kappa shape index (κ1) is 19.0. The van der Waals surface area contributed by atoms with Crippen molar-refractivity contribution in [2.45, 2.75) is 13.8 Å². The van der Waals surface area contributed by atoms with Gasteiger partial charge in [0.2, 0.25) is 0 Å². The molecule has 132 valence electrons. The van der Waals surface area contributed by atoms with Gasteiger partial charge in [0, 0.05) is 5.69 Å². The summed E-state index contributed by atoms with van der Waals surface area (Å²) in [5.41, 5.74) is 5.22. The quantitative estimate of drug-likeness (QED) is 0.342. The van der Waals surface area contributed by atoms with Gasteiger partial charge in [0.05, 0.1) is 22.9 Å². The number of rotatable bonds is 7. The van der Waals surface area contributed by atoms with Crippen LogP contribution in [0.2, 0.25) is 0 Å². The van der Waals surface area contributed by atoms with E-state index in [1.807, 2.05) is 60.7 Å². The molecule has 0 heterocycles. The van der Waals surface area contributed by atoms with Gasteiger partial charge in [-0.1, -0.05) is 17.7 Å². The van der Waals surface area contributed by atoms with Crippen molar-refractivity contribution in [3.63, 3.8) is 0 Å². The summed E-state index contributed by atoms with van der Waals surface area (Å²) in [6, 6.07) is 11.2. The molecule has 0 atom stereocenters. The Balaban J connectivity index is 1.89. The van der Waals surface area contributed by atoms with Crippen LogP contribution in [0.5, 0.6) is 11.5 Å². The van der Waals surface area contributed by atoms with Gasteiger partial charge in [0.15, 0.2) is 11.5 Å². The Hall–Kier alpha value is -2.29. The van der Waals surface area contributed by atoms with E-state index in [2.05, 4.69) is 15.8 Å². The number of phenols is 1. The first-order valence-corrected chi connectivity index (χ1v) is 8.85. The number of ether oxygens (including phenoxy) is 1. The number of benzene rings is 2. The molecule has 3 N–H and O–H groups in total. The number of phenolic OH excluding ortho intramolecular Hbond substituents is 1. The van der Waals surface area contributed by atoms with Crippen molar-refractivity contribution in [3.05, 3.63) is 51.1 Å². The number of aromatic hydroxyl groups is 1. The van der Waals surface area contributed by atoms with Crippen LogP contribution in [0, 0.1) is 10.5 Å². The second-order valence-electron chi connectivity index (χ2n) is 5.30. The molecule has 0 aromatic heterocycles. The second-order valence-corrected chi connectivity index (χ2v) is 6.46. The maximum absolute atomic E-state index is 11.8. The lowest BCUT2D eigenvalue weighted by Crippen LogP contribution is -2.25. The first-order chi connectivity index (χ1) is 12.0. The summed E-state index contributed by atoms with van der Waals surface area (Å²) in [5.74, 6) is 0.240. The Bertz CT molecular complexity index is 761. The average molecular weight is 453 g/mol. The van der Waals surface area contributed by atoms with Gasteiger partial charge < -0.3 is 15.2 Å². The van der Waals surface area contributed by atoms with Crippen molar-refractivity contribution in [1.29, 1.82) is 0 Å². The normalized spacial score (nSPS) is 10.7. The van der Waals surface area contributed by atoms with Gasteiger partial charge in [-0.25, -0.2) is 5.43 Å². The summed E-state index contributed by atoms with van der Waals surface area (Å²) >= 11 is 2.01. The molecule has 0 spiro atoms. The van der Waals surface area contributed by atoms with E-state index in [4.69, 9.17) is 4.74 Å². The minimum absolute atomic E-state index is 0.103. The molecule has 0 saturated heterocycles. The highest BCUT2D eigenvalue weighted by Gasteiger charge is 2.08. The number of hydrogen-bond donors (Lipinski definition) is 3. The van der Waals surface area contributed by atoms with Crippen molar-refractivity contribution >= 4 is 40.4 Å². The highest BCUT2D eigenvalue weighted by atomic mass is 127. The lowest BCUT2D eigenvalue weighted by atomic mass is 10.2. The van der Waals surface area contributed by atoms with Crippen LogP contribution in [0.4, 0.5) is 5.69 Å². The Morgan fingerprint density at radius 3 is 2.72 bits per heavy atom. The maximum Gasteiger partial charge on any atom is 0.259 e. The predicted molar refractivity (Wildman–Crippen MR) is 107 cm³/mol. The number of hydrogen-bond acceptors (Lipinski definition) is 5. The molecule has 0 saturated carbocycles. The van der Waals surface area contributed by atoms with Crippen LogP contribution in [-0.4, -0.2) is 30.4 Å². The fourth-order valence-corrected chi connectivity index (χ4v) is 2.63. The molecule has 2 aromatic rings. The molecule has 0 bridgehead atoms. The third kappa shape index (κ3) is 5.93. The predicted octanol–water partition coefficient (Wildman–Crippen LogP) is 3.27. The summed E-state index contributed by atoms with van der Waals surface area (Å²) in [4.78, 5) is 11.8. The lowest BCUT2D eigenvalue weighted by molar-refractivity contribution is -0.119. The van der Waals surface area contributed by atoms with Crippen LogP contribution in [0.3, 0.4) is 0 Å². The zero-order chi connectivity index (χ0) is 18.2. The highest BCUT2D eigenvalue weighted by Crippen LogP contribution is 2.32. The van der Waals surface area contributed by atoms with Gasteiger partial charge >= 0.3 is 0 Å². The smallest absolute Gasteiger partial charge is 0.259 e. The molecular weight excluding hydrogens is 433 g/mol. The Kier molecular flexibility index (Phi) is 7.05. The van der Waals surface area contributed by atoms with Gasteiger partial charge in [-0.15, -0.1) is 0 Å². The standard InChI is InChI=1S/C18H20IN3O3/c1-3-25-16-9-13(8-15(19)18(16)24)10-21-22-17(23)11-20-14-6-4-12(2)5-7-14/h4-10,20,24H,3,11H2,1-2H3,(H,22,23)/b21-10-. The Labute approximate surface area is 160 Å². The summed E-state index contributed by atoms with van der Waals surface area (Å²) < 4.78 is 6.02. The molecule has 0 aliphatic carbocycles. The zero-order valence-electron chi connectivity index (χ0n) is 14.0. The van der Waals surface area contributed by atoms with Crippen LogP contribution in [0.1, 0.15) is 18.1 Å². The minimum atomic E-state index is -0.254. The van der Waals surface area contributed by atoms with E-state index in [1.165, 1.54) is 6.21 Å². The molecule has 1 amide bonds. The van der Waals surface area contributed by atoms with E-state index in [9.17, 15) is 9.90 Å². The fourth-order valence-electron chi connectivity index (χ4n) is 2.01. The van der Waals surface area contributed by atoms with E-state index in [0.29, 0.717) is 15.9 Å². The largest absolute Gasteiger partial charge is 0.504 e. The van der Waals surface area contributed by atoms with Crippen molar-refractivity contribution in [2.75, 3.05) is 18.5 Å². The molecular formula is C18H20IN3O3. The van der Waals surface area contributed by atoms with E-state index in [1.54, 1.807) is 12.1 Å². The number of carbonyl (C=O) groups excluding carboxylic acids is 1. The lowest BCUT2D eigenvalue weighted by Gasteiger charge is -2.08. The van der Waals surface area contributed by atoms with Gasteiger partial charge in [-0.05, 0) is 66.3 Å². The SMILES string of the molecule is CCOc1cc(/C=N\NC(=O)CNc2ccc(C)cc2)cc(I)c1O. The molecule has 25 heavy (non-hydrogen) atoms. The van der Waals surface area contributed by atoms with Crippen LogP contribution < -0.4 is 15.5 Å². The van der Waals surface area contributed by atoms with E-state index >= 15 is 0 Å². The number of carbonyl (C=O) groups is 1. The number of halogens is 1. The number of aryl methyl sites for hydroxylation is 1. The number of amides is 1. The molecule has 0 unspecified atom stereocenters. The summed E-state index contributed by atoms with van der Waals surface area (Å²) in [6.07, 6.45) is 1.51. The van der Waals surface area contributed by atoms with Gasteiger partial charge in [-0.3, -0.25) is 4.79 Å².